The van der Waals surface area contributed by atoms with Crippen LogP contribution in [-0.4, -0.2) is 19.3 Å². The quantitative estimate of drug-likeness (QED) is 0.619. The van der Waals surface area contributed by atoms with Crippen LogP contribution in [-0.2, 0) is 0 Å². The molecular weight excluding hydrogens is 218 g/mol. The topological polar surface area (TPSA) is 68.9 Å². The zero-order valence-corrected chi connectivity index (χ0v) is 10.1. The normalized spacial score (nSPS) is 14.2. The van der Waals surface area contributed by atoms with Gasteiger partial charge >= 0.3 is 0 Å². The van der Waals surface area contributed by atoms with Gasteiger partial charge < -0.3 is 20.5 Å². The minimum absolute atomic E-state index is 0.274. The second-order valence-electron chi connectivity index (χ2n) is 4.31. The molecule has 0 atom stereocenters. The lowest BCUT2D eigenvalue weighted by Crippen LogP contribution is -2.23. The molecule has 2 rings (SSSR count). The highest BCUT2D eigenvalue weighted by Crippen LogP contribution is 2.34. The predicted molar refractivity (Wildman–Crippen MR) is 67.5 cm³/mol. The van der Waals surface area contributed by atoms with Crippen molar-refractivity contribution in [3.05, 3.63) is 18.2 Å². The van der Waals surface area contributed by atoms with E-state index in [-0.39, 0.29) is 6.79 Å². The van der Waals surface area contributed by atoms with E-state index in [0.717, 1.165) is 17.2 Å². The maximum Gasteiger partial charge on any atom is 0.231 e. The summed E-state index contributed by atoms with van der Waals surface area (Å²) in [5.41, 5.74) is 6.61. The SMILES string of the molecule is CC(C)CN=C(N)Nc1ccc2c(c1)OCO2. The summed E-state index contributed by atoms with van der Waals surface area (Å²) in [6, 6.07) is 5.58. The van der Waals surface area contributed by atoms with E-state index >= 15 is 0 Å². The van der Waals surface area contributed by atoms with Crippen molar-refractivity contribution < 1.29 is 9.47 Å². The van der Waals surface area contributed by atoms with Crippen LogP contribution in [0.1, 0.15) is 13.8 Å². The average molecular weight is 235 g/mol. The zero-order valence-electron chi connectivity index (χ0n) is 10.1. The number of guanidine groups is 1. The molecule has 0 bridgehead atoms. The van der Waals surface area contributed by atoms with Crippen molar-refractivity contribution in [3.63, 3.8) is 0 Å². The Morgan fingerprint density at radius 2 is 2.18 bits per heavy atom. The predicted octanol–water partition coefficient (Wildman–Crippen LogP) is 1.80. The molecule has 0 saturated heterocycles. The third-order valence-electron chi connectivity index (χ3n) is 2.27. The molecule has 0 unspecified atom stereocenters. The van der Waals surface area contributed by atoms with Crippen molar-refractivity contribution in [1.82, 2.24) is 0 Å². The first kappa shape index (κ1) is 11.6. The minimum atomic E-state index is 0.274. The Morgan fingerprint density at radius 1 is 1.41 bits per heavy atom. The molecule has 0 spiro atoms. The molecule has 0 aromatic heterocycles. The van der Waals surface area contributed by atoms with Crippen LogP contribution in [0.25, 0.3) is 0 Å². The molecule has 17 heavy (non-hydrogen) atoms. The fourth-order valence-corrected chi connectivity index (χ4v) is 1.44. The van der Waals surface area contributed by atoms with Crippen LogP contribution in [0.4, 0.5) is 5.69 Å². The first-order chi connectivity index (χ1) is 8.15. The third-order valence-corrected chi connectivity index (χ3v) is 2.27. The van der Waals surface area contributed by atoms with Gasteiger partial charge in [-0.05, 0) is 18.1 Å². The largest absolute Gasteiger partial charge is 0.454 e. The van der Waals surface area contributed by atoms with Crippen molar-refractivity contribution in [2.45, 2.75) is 13.8 Å². The molecule has 3 N–H and O–H groups in total. The molecular formula is C12H17N3O2. The molecule has 5 heteroatoms. The highest BCUT2D eigenvalue weighted by atomic mass is 16.7. The molecule has 1 aromatic rings. The van der Waals surface area contributed by atoms with E-state index in [9.17, 15) is 0 Å². The number of nitrogens with two attached hydrogens (primary N) is 1. The average Bonchev–Trinajstić information content (AvgIpc) is 2.73. The number of hydrogen-bond donors (Lipinski definition) is 2. The van der Waals surface area contributed by atoms with Crippen LogP contribution in [0.15, 0.2) is 23.2 Å². The minimum Gasteiger partial charge on any atom is -0.454 e. The standard InChI is InChI=1S/C12H17N3O2/c1-8(2)6-14-12(13)15-9-3-4-10-11(5-9)17-7-16-10/h3-5,8H,6-7H2,1-2H3,(H3,13,14,15). The smallest absolute Gasteiger partial charge is 0.231 e. The Hall–Kier alpha value is -1.91. The third kappa shape index (κ3) is 3.03. The van der Waals surface area contributed by atoms with Crippen LogP contribution < -0.4 is 20.5 Å². The van der Waals surface area contributed by atoms with E-state index in [1.165, 1.54) is 0 Å². The lowest BCUT2D eigenvalue weighted by atomic mass is 10.2. The van der Waals surface area contributed by atoms with Gasteiger partial charge in [0.25, 0.3) is 0 Å². The molecule has 92 valence electrons. The van der Waals surface area contributed by atoms with E-state index < -0.39 is 0 Å². The van der Waals surface area contributed by atoms with Crippen molar-refractivity contribution in [1.29, 1.82) is 0 Å². The molecule has 0 amide bonds. The first-order valence-electron chi connectivity index (χ1n) is 5.62. The van der Waals surface area contributed by atoms with Crippen molar-refractivity contribution in [3.8, 4) is 11.5 Å². The molecule has 1 aromatic carbocycles. The summed E-state index contributed by atoms with van der Waals surface area (Å²) >= 11 is 0. The Bertz CT molecular complexity index is 430. The van der Waals surface area contributed by atoms with E-state index in [1.807, 2.05) is 18.2 Å². The highest BCUT2D eigenvalue weighted by Gasteiger charge is 2.13. The van der Waals surface area contributed by atoms with Crippen LogP contribution >= 0.6 is 0 Å². The number of nitrogens with zero attached hydrogens (tertiary/aromatic N) is 1. The fourth-order valence-electron chi connectivity index (χ4n) is 1.44. The molecule has 0 saturated carbocycles. The number of ether oxygens (including phenoxy) is 2. The number of hydrogen-bond acceptors (Lipinski definition) is 3. The number of nitrogens with one attached hydrogen (secondary N) is 1. The molecule has 1 aliphatic rings. The molecule has 0 radical (unpaired) electrons. The molecule has 5 nitrogen and oxygen atoms in total. The molecule has 0 aliphatic carbocycles. The maximum absolute atomic E-state index is 5.77. The summed E-state index contributed by atoms with van der Waals surface area (Å²) in [6.07, 6.45) is 0. The first-order valence-corrected chi connectivity index (χ1v) is 5.62. The summed E-state index contributed by atoms with van der Waals surface area (Å²) in [5, 5.41) is 3.02. The fraction of sp³-hybridized carbons (Fsp3) is 0.417. The zero-order chi connectivity index (χ0) is 12.3. The van der Waals surface area contributed by atoms with Crippen LogP contribution in [0.5, 0.6) is 11.5 Å². The second-order valence-corrected chi connectivity index (χ2v) is 4.31. The van der Waals surface area contributed by atoms with Crippen LogP contribution in [0.2, 0.25) is 0 Å². The Balaban J connectivity index is 2.01. The van der Waals surface area contributed by atoms with Crippen LogP contribution in [0.3, 0.4) is 0 Å². The van der Waals surface area contributed by atoms with E-state index in [1.54, 1.807) is 0 Å². The maximum atomic E-state index is 5.77. The molecule has 1 heterocycles. The summed E-state index contributed by atoms with van der Waals surface area (Å²) in [7, 11) is 0. The number of anilines is 1. The van der Waals surface area contributed by atoms with Gasteiger partial charge in [-0.1, -0.05) is 13.8 Å². The van der Waals surface area contributed by atoms with Gasteiger partial charge in [-0.25, -0.2) is 0 Å². The molecule has 0 fully saturated rings. The van der Waals surface area contributed by atoms with Gasteiger partial charge in [-0.2, -0.15) is 0 Å². The van der Waals surface area contributed by atoms with E-state index in [0.29, 0.717) is 18.4 Å². The number of aliphatic imine (C=N–C) groups is 1. The number of benzene rings is 1. The number of fused-ring (bicyclic) bond motifs is 1. The summed E-state index contributed by atoms with van der Waals surface area (Å²) < 4.78 is 10.5. The van der Waals surface area contributed by atoms with Crippen molar-refractivity contribution in [2.75, 3.05) is 18.7 Å². The summed E-state index contributed by atoms with van der Waals surface area (Å²) in [4.78, 5) is 4.22. The Morgan fingerprint density at radius 3 is 2.94 bits per heavy atom. The highest BCUT2D eigenvalue weighted by molar-refractivity contribution is 5.92. The van der Waals surface area contributed by atoms with Crippen molar-refractivity contribution in [2.24, 2.45) is 16.6 Å². The van der Waals surface area contributed by atoms with Gasteiger partial charge in [0.1, 0.15) is 0 Å². The van der Waals surface area contributed by atoms with E-state index in [2.05, 4.69) is 24.2 Å². The Kier molecular flexibility index (Phi) is 3.37. The van der Waals surface area contributed by atoms with Gasteiger partial charge in [0.2, 0.25) is 6.79 Å². The van der Waals surface area contributed by atoms with E-state index in [4.69, 9.17) is 15.2 Å². The monoisotopic (exact) mass is 235 g/mol. The lowest BCUT2D eigenvalue weighted by molar-refractivity contribution is 0.174. The second kappa shape index (κ2) is 4.95. The summed E-state index contributed by atoms with van der Waals surface area (Å²) in [6.45, 7) is 5.17. The van der Waals surface area contributed by atoms with Gasteiger partial charge in [-0.15, -0.1) is 0 Å². The van der Waals surface area contributed by atoms with Crippen LogP contribution in [0, 0.1) is 5.92 Å². The molecule has 1 aliphatic heterocycles. The van der Waals surface area contributed by atoms with Gasteiger partial charge in [0, 0.05) is 18.3 Å². The summed E-state index contributed by atoms with van der Waals surface area (Å²) in [5.74, 6) is 2.39. The van der Waals surface area contributed by atoms with Crippen molar-refractivity contribution >= 4 is 11.6 Å². The lowest BCUT2D eigenvalue weighted by Gasteiger charge is -2.07. The van der Waals surface area contributed by atoms with Gasteiger partial charge in [0.05, 0.1) is 0 Å². The van der Waals surface area contributed by atoms with Gasteiger partial charge in [0.15, 0.2) is 17.5 Å². The Labute approximate surface area is 101 Å². The number of rotatable bonds is 3. The van der Waals surface area contributed by atoms with Gasteiger partial charge in [-0.3, -0.25) is 4.99 Å².